The maximum absolute atomic E-state index is 14.1. The molecule has 1 aliphatic rings. The van der Waals surface area contributed by atoms with Gasteiger partial charge in [0.1, 0.15) is 17.4 Å². The van der Waals surface area contributed by atoms with Crippen LogP contribution in [0.15, 0.2) is 41.3 Å². The molecule has 2 aromatic heterocycles. The summed E-state index contributed by atoms with van der Waals surface area (Å²) in [7, 11) is 0. The molecule has 0 bridgehead atoms. The van der Waals surface area contributed by atoms with Crippen LogP contribution in [-0.4, -0.2) is 32.0 Å². The van der Waals surface area contributed by atoms with Crippen molar-refractivity contribution in [3.05, 3.63) is 60.0 Å². The zero-order chi connectivity index (χ0) is 19.5. The fraction of sp³-hybridized carbons (Fsp3) is 0.429. The molecule has 1 aliphatic heterocycles. The van der Waals surface area contributed by atoms with Crippen LogP contribution < -0.4 is 0 Å². The molecule has 1 atom stereocenters. The standard InChI is InChI=1S/C21H24F2N4O/c1-15-20(25-21(28-15)18-12-16(22)5-6-19(18)23)13-27-9-3-2-4-17(27)7-10-26-11-8-24-14-26/h5-6,8,11-12,14,17H,2-4,7,9-10,13H2,1H3. The minimum Gasteiger partial charge on any atom is -0.441 e. The third-order valence-corrected chi connectivity index (χ3v) is 5.43. The first-order valence-electron chi connectivity index (χ1n) is 9.71. The smallest absolute Gasteiger partial charge is 0.229 e. The van der Waals surface area contributed by atoms with Crippen LogP contribution in [0.25, 0.3) is 11.5 Å². The maximum atomic E-state index is 14.1. The molecule has 7 heteroatoms. The molecule has 1 unspecified atom stereocenters. The Hall–Kier alpha value is -2.54. The lowest BCUT2D eigenvalue weighted by molar-refractivity contribution is 0.126. The number of halogens is 2. The van der Waals surface area contributed by atoms with E-state index in [1.165, 1.54) is 6.42 Å². The van der Waals surface area contributed by atoms with Crippen molar-refractivity contribution >= 4 is 0 Å². The highest BCUT2D eigenvalue weighted by Gasteiger charge is 2.25. The molecule has 0 saturated carbocycles. The first-order valence-corrected chi connectivity index (χ1v) is 9.71. The van der Waals surface area contributed by atoms with Gasteiger partial charge in [-0.1, -0.05) is 6.42 Å². The Morgan fingerprint density at radius 1 is 1.25 bits per heavy atom. The highest BCUT2D eigenvalue weighted by Crippen LogP contribution is 2.28. The van der Waals surface area contributed by atoms with Crippen LogP contribution in [0.5, 0.6) is 0 Å². The largest absolute Gasteiger partial charge is 0.441 e. The van der Waals surface area contributed by atoms with Crippen molar-refractivity contribution in [2.45, 2.75) is 51.7 Å². The first-order chi connectivity index (χ1) is 13.6. The van der Waals surface area contributed by atoms with Crippen LogP contribution in [0, 0.1) is 18.6 Å². The number of rotatable bonds is 6. The Labute approximate surface area is 163 Å². The zero-order valence-corrected chi connectivity index (χ0v) is 15.9. The lowest BCUT2D eigenvalue weighted by atomic mass is 9.99. The van der Waals surface area contributed by atoms with E-state index >= 15 is 0 Å². The molecular weight excluding hydrogens is 362 g/mol. The Kier molecular flexibility index (Phi) is 5.52. The molecule has 1 fully saturated rings. The van der Waals surface area contributed by atoms with Crippen molar-refractivity contribution in [2.75, 3.05) is 6.54 Å². The summed E-state index contributed by atoms with van der Waals surface area (Å²) in [6.45, 7) is 4.41. The lowest BCUT2D eigenvalue weighted by Crippen LogP contribution is -2.39. The number of hydrogen-bond acceptors (Lipinski definition) is 4. The van der Waals surface area contributed by atoms with Gasteiger partial charge in [0.2, 0.25) is 5.89 Å². The van der Waals surface area contributed by atoms with Crippen LogP contribution in [0.1, 0.15) is 37.1 Å². The van der Waals surface area contributed by atoms with E-state index in [1.807, 2.05) is 19.4 Å². The Morgan fingerprint density at radius 3 is 2.96 bits per heavy atom. The van der Waals surface area contributed by atoms with Crippen molar-refractivity contribution in [3.8, 4) is 11.5 Å². The minimum absolute atomic E-state index is 0.0599. The van der Waals surface area contributed by atoms with Gasteiger partial charge in [0.25, 0.3) is 0 Å². The summed E-state index contributed by atoms with van der Waals surface area (Å²) in [5, 5.41) is 0. The van der Waals surface area contributed by atoms with E-state index in [1.54, 1.807) is 6.20 Å². The normalized spacial score (nSPS) is 17.9. The van der Waals surface area contributed by atoms with Gasteiger partial charge < -0.3 is 8.98 Å². The second-order valence-corrected chi connectivity index (χ2v) is 7.36. The minimum atomic E-state index is -0.537. The van der Waals surface area contributed by atoms with E-state index < -0.39 is 11.6 Å². The van der Waals surface area contributed by atoms with Gasteiger partial charge in [0.15, 0.2) is 0 Å². The summed E-state index contributed by atoms with van der Waals surface area (Å²) >= 11 is 0. The van der Waals surface area contributed by atoms with Gasteiger partial charge in [-0.2, -0.15) is 0 Å². The average molecular weight is 386 g/mol. The fourth-order valence-electron chi connectivity index (χ4n) is 3.86. The molecule has 3 aromatic rings. The van der Waals surface area contributed by atoms with Gasteiger partial charge >= 0.3 is 0 Å². The number of aromatic nitrogens is 3. The summed E-state index contributed by atoms with van der Waals surface area (Å²) in [5.74, 6) is -0.260. The number of hydrogen-bond donors (Lipinski definition) is 0. The molecule has 148 valence electrons. The molecule has 0 amide bonds. The van der Waals surface area contributed by atoms with Gasteiger partial charge in [-0.15, -0.1) is 0 Å². The predicted molar refractivity (Wildman–Crippen MR) is 101 cm³/mol. The average Bonchev–Trinajstić information content (AvgIpc) is 3.33. The number of nitrogens with zero attached hydrogens (tertiary/aromatic N) is 4. The Morgan fingerprint density at radius 2 is 2.14 bits per heavy atom. The number of imidazole rings is 1. The number of aryl methyl sites for hydroxylation is 2. The second-order valence-electron chi connectivity index (χ2n) is 7.36. The van der Waals surface area contributed by atoms with Gasteiger partial charge in [0.05, 0.1) is 17.6 Å². The quantitative estimate of drug-likeness (QED) is 0.623. The number of benzene rings is 1. The monoisotopic (exact) mass is 386 g/mol. The Bertz CT molecular complexity index is 923. The molecule has 0 aliphatic carbocycles. The van der Waals surface area contributed by atoms with Gasteiger partial charge in [-0.25, -0.2) is 18.7 Å². The summed E-state index contributed by atoms with van der Waals surface area (Å²) in [5.41, 5.74) is 0.845. The highest BCUT2D eigenvalue weighted by atomic mass is 19.1. The SMILES string of the molecule is Cc1oc(-c2cc(F)ccc2F)nc1CN1CCCCC1CCn1ccnc1. The molecule has 0 N–H and O–H groups in total. The van der Waals surface area contributed by atoms with E-state index in [-0.39, 0.29) is 11.5 Å². The summed E-state index contributed by atoms with van der Waals surface area (Å²) in [6, 6.07) is 3.77. The maximum Gasteiger partial charge on any atom is 0.229 e. The molecule has 3 heterocycles. The van der Waals surface area contributed by atoms with Gasteiger partial charge in [-0.05, 0) is 50.9 Å². The molecule has 1 aromatic carbocycles. The van der Waals surface area contributed by atoms with Gasteiger partial charge in [0, 0.05) is 31.5 Å². The van der Waals surface area contributed by atoms with E-state index in [4.69, 9.17) is 4.42 Å². The van der Waals surface area contributed by atoms with Gasteiger partial charge in [-0.3, -0.25) is 4.90 Å². The van der Waals surface area contributed by atoms with Crippen molar-refractivity contribution in [2.24, 2.45) is 0 Å². The molecule has 4 rings (SSSR count). The van der Waals surface area contributed by atoms with Crippen molar-refractivity contribution in [1.82, 2.24) is 19.4 Å². The zero-order valence-electron chi connectivity index (χ0n) is 15.9. The van der Waals surface area contributed by atoms with Crippen molar-refractivity contribution < 1.29 is 13.2 Å². The van der Waals surface area contributed by atoms with Crippen LogP contribution in [0.2, 0.25) is 0 Å². The first kappa shape index (κ1) is 18.8. The third-order valence-electron chi connectivity index (χ3n) is 5.43. The highest BCUT2D eigenvalue weighted by molar-refractivity contribution is 5.54. The topological polar surface area (TPSA) is 47.1 Å². The molecular formula is C21H24F2N4O. The number of oxazole rings is 1. The molecule has 0 radical (unpaired) electrons. The van der Waals surface area contributed by atoms with Crippen molar-refractivity contribution in [3.63, 3.8) is 0 Å². The lowest BCUT2D eigenvalue weighted by Gasteiger charge is -2.35. The second kappa shape index (κ2) is 8.22. The van der Waals surface area contributed by atoms with Crippen LogP contribution in [0.4, 0.5) is 8.78 Å². The summed E-state index contributed by atoms with van der Waals surface area (Å²) in [4.78, 5) is 11.0. The predicted octanol–water partition coefficient (Wildman–Crippen LogP) is 4.57. The summed E-state index contributed by atoms with van der Waals surface area (Å²) in [6.07, 6.45) is 10.2. The number of piperidine rings is 1. The molecule has 1 saturated heterocycles. The fourth-order valence-corrected chi connectivity index (χ4v) is 3.86. The van der Waals surface area contributed by atoms with Crippen LogP contribution in [-0.2, 0) is 13.1 Å². The van der Waals surface area contributed by atoms with E-state index in [0.717, 1.165) is 56.2 Å². The van der Waals surface area contributed by atoms with Crippen molar-refractivity contribution in [1.29, 1.82) is 0 Å². The number of likely N-dealkylation sites (tertiary alicyclic amines) is 1. The Balaban J connectivity index is 1.49. The van der Waals surface area contributed by atoms with E-state index in [9.17, 15) is 8.78 Å². The molecule has 0 spiro atoms. The third kappa shape index (κ3) is 4.14. The molecule has 28 heavy (non-hydrogen) atoms. The molecule has 5 nitrogen and oxygen atoms in total. The summed E-state index contributed by atoms with van der Waals surface area (Å²) < 4.78 is 35.4. The van der Waals surface area contributed by atoms with E-state index in [2.05, 4.69) is 19.4 Å². The van der Waals surface area contributed by atoms with Crippen LogP contribution in [0.3, 0.4) is 0 Å². The van der Waals surface area contributed by atoms with Crippen LogP contribution >= 0.6 is 0 Å². The van der Waals surface area contributed by atoms with E-state index in [0.29, 0.717) is 18.3 Å².